The fourth-order valence-corrected chi connectivity index (χ4v) is 5.29. The van der Waals surface area contributed by atoms with E-state index < -0.39 is 10.0 Å². The van der Waals surface area contributed by atoms with Gasteiger partial charge in [0.1, 0.15) is 5.75 Å². The van der Waals surface area contributed by atoms with Gasteiger partial charge in [-0.1, -0.05) is 36.4 Å². The zero-order valence-corrected chi connectivity index (χ0v) is 17.6. The average Bonchev–Trinajstić information content (AvgIpc) is 2.79. The van der Waals surface area contributed by atoms with Gasteiger partial charge in [0, 0.05) is 30.8 Å². The first-order valence-corrected chi connectivity index (χ1v) is 11.4. The Morgan fingerprint density at radius 1 is 0.967 bits per heavy atom. The van der Waals surface area contributed by atoms with Crippen molar-refractivity contribution in [2.45, 2.75) is 17.7 Å². The molecule has 0 unspecified atom stereocenters. The number of nitrogens with zero attached hydrogens (tertiary/aromatic N) is 1. The molecule has 0 aliphatic carbocycles. The van der Waals surface area contributed by atoms with E-state index in [1.165, 1.54) is 4.31 Å². The Bertz CT molecular complexity index is 1170. The van der Waals surface area contributed by atoms with E-state index in [-0.39, 0.29) is 11.8 Å². The molecule has 3 aromatic rings. The Labute approximate surface area is 176 Å². The molecule has 0 atom stereocenters. The largest absolute Gasteiger partial charge is 0.497 e. The molecule has 1 amide bonds. The SMILES string of the molecule is COc1cccc(NC(=O)C2CCN(S(=O)(=O)c3ccc4ccccc4c3)CC2)c1. The predicted octanol–water partition coefficient (Wildman–Crippen LogP) is 3.89. The minimum atomic E-state index is -3.59. The molecule has 1 saturated heterocycles. The molecule has 6 nitrogen and oxygen atoms in total. The van der Waals surface area contributed by atoms with Crippen molar-refractivity contribution in [2.24, 2.45) is 5.92 Å². The topological polar surface area (TPSA) is 75.7 Å². The van der Waals surface area contributed by atoms with Crippen LogP contribution >= 0.6 is 0 Å². The molecule has 30 heavy (non-hydrogen) atoms. The Kier molecular flexibility index (Phi) is 5.74. The molecule has 4 rings (SSSR count). The van der Waals surface area contributed by atoms with Crippen LogP contribution in [0.2, 0.25) is 0 Å². The molecule has 0 aromatic heterocycles. The highest BCUT2D eigenvalue weighted by Crippen LogP contribution is 2.27. The molecule has 1 aliphatic heterocycles. The third-order valence-electron chi connectivity index (χ3n) is 5.52. The molecule has 1 aliphatic rings. The number of anilines is 1. The van der Waals surface area contributed by atoms with E-state index in [2.05, 4.69) is 5.32 Å². The smallest absolute Gasteiger partial charge is 0.243 e. The molecule has 0 radical (unpaired) electrons. The fourth-order valence-electron chi connectivity index (χ4n) is 3.78. The summed E-state index contributed by atoms with van der Waals surface area (Å²) in [5.41, 5.74) is 0.672. The summed E-state index contributed by atoms with van der Waals surface area (Å²) in [6.07, 6.45) is 0.977. The maximum absolute atomic E-state index is 13.1. The summed E-state index contributed by atoms with van der Waals surface area (Å²) in [5, 5.41) is 4.80. The Balaban J connectivity index is 1.42. The second-order valence-electron chi connectivity index (χ2n) is 7.41. The van der Waals surface area contributed by atoms with Crippen molar-refractivity contribution in [3.63, 3.8) is 0 Å². The van der Waals surface area contributed by atoms with Gasteiger partial charge in [0.25, 0.3) is 0 Å². The van der Waals surface area contributed by atoms with E-state index in [1.54, 1.807) is 31.4 Å². The lowest BCUT2D eigenvalue weighted by molar-refractivity contribution is -0.120. The van der Waals surface area contributed by atoms with E-state index in [4.69, 9.17) is 4.74 Å². The van der Waals surface area contributed by atoms with Crippen LogP contribution in [0, 0.1) is 5.92 Å². The number of ether oxygens (including phenoxy) is 1. The van der Waals surface area contributed by atoms with E-state index in [0.29, 0.717) is 42.3 Å². The van der Waals surface area contributed by atoms with Gasteiger partial charge < -0.3 is 10.1 Å². The van der Waals surface area contributed by atoms with Crippen molar-refractivity contribution < 1.29 is 17.9 Å². The van der Waals surface area contributed by atoms with Crippen LogP contribution in [0.5, 0.6) is 5.75 Å². The maximum atomic E-state index is 13.1. The third-order valence-corrected chi connectivity index (χ3v) is 7.42. The highest BCUT2D eigenvalue weighted by atomic mass is 32.2. The molecule has 156 valence electrons. The summed E-state index contributed by atoms with van der Waals surface area (Å²) < 4.78 is 32.8. The van der Waals surface area contributed by atoms with Gasteiger partial charge in [-0.15, -0.1) is 0 Å². The number of benzene rings is 3. The molecule has 0 spiro atoms. The van der Waals surface area contributed by atoms with Crippen LogP contribution in [0.25, 0.3) is 10.8 Å². The summed E-state index contributed by atoms with van der Waals surface area (Å²) in [4.78, 5) is 12.9. The Morgan fingerprint density at radius 3 is 2.43 bits per heavy atom. The predicted molar refractivity (Wildman–Crippen MR) is 117 cm³/mol. The van der Waals surface area contributed by atoms with E-state index >= 15 is 0 Å². The Hall–Kier alpha value is -2.90. The van der Waals surface area contributed by atoms with Gasteiger partial charge in [-0.2, -0.15) is 4.31 Å². The van der Waals surface area contributed by atoms with Gasteiger partial charge in [-0.3, -0.25) is 4.79 Å². The van der Waals surface area contributed by atoms with Crippen LogP contribution in [0.15, 0.2) is 71.6 Å². The highest BCUT2D eigenvalue weighted by molar-refractivity contribution is 7.89. The van der Waals surface area contributed by atoms with Gasteiger partial charge in [0.05, 0.1) is 12.0 Å². The number of hydrogen-bond acceptors (Lipinski definition) is 4. The second-order valence-corrected chi connectivity index (χ2v) is 9.35. The summed E-state index contributed by atoms with van der Waals surface area (Å²) >= 11 is 0. The molecule has 7 heteroatoms. The minimum Gasteiger partial charge on any atom is -0.497 e. The van der Waals surface area contributed by atoms with Crippen molar-refractivity contribution in [2.75, 3.05) is 25.5 Å². The van der Waals surface area contributed by atoms with Crippen molar-refractivity contribution in [3.8, 4) is 5.75 Å². The lowest BCUT2D eigenvalue weighted by atomic mass is 9.97. The van der Waals surface area contributed by atoms with Crippen molar-refractivity contribution in [1.82, 2.24) is 4.31 Å². The fraction of sp³-hybridized carbons (Fsp3) is 0.261. The average molecular weight is 425 g/mol. The molecule has 1 fully saturated rings. The van der Waals surface area contributed by atoms with Crippen LogP contribution in [-0.2, 0) is 14.8 Å². The lowest BCUT2D eigenvalue weighted by Gasteiger charge is -2.30. The number of carbonyl (C=O) groups excluding carboxylic acids is 1. The molecule has 3 aromatic carbocycles. The van der Waals surface area contributed by atoms with Crippen LogP contribution in [-0.4, -0.2) is 38.8 Å². The van der Waals surface area contributed by atoms with Crippen LogP contribution in [0.4, 0.5) is 5.69 Å². The quantitative estimate of drug-likeness (QED) is 0.674. The van der Waals surface area contributed by atoms with Gasteiger partial charge in [-0.05, 0) is 47.9 Å². The van der Waals surface area contributed by atoms with Crippen molar-refractivity contribution in [1.29, 1.82) is 0 Å². The Morgan fingerprint density at radius 2 is 1.70 bits per heavy atom. The minimum absolute atomic E-state index is 0.0917. The van der Waals surface area contributed by atoms with Crippen LogP contribution in [0.3, 0.4) is 0 Å². The van der Waals surface area contributed by atoms with Gasteiger partial charge in [-0.25, -0.2) is 8.42 Å². The van der Waals surface area contributed by atoms with Crippen LogP contribution in [0.1, 0.15) is 12.8 Å². The van der Waals surface area contributed by atoms with E-state index in [9.17, 15) is 13.2 Å². The van der Waals surface area contributed by atoms with Gasteiger partial charge in [0.15, 0.2) is 0 Å². The van der Waals surface area contributed by atoms with Crippen molar-refractivity contribution >= 4 is 32.4 Å². The molecule has 0 saturated carbocycles. The lowest BCUT2D eigenvalue weighted by Crippen LogP contribution is -2.41. The number of fused-ring (bicyclic) bond motifs is 1. The normalized spacial score (nSPS) is 15.8. The monoisotopic (exact) mass is 424 g/mol. The third kappa shape index (κ3) is 4.17. The number of hydrogen-bond donors (Lipinski definition) is 1. The first-order valence-electron chi connectivity index (χ1n) is 9.91. The van der Waals surface area contributed by atoms with Gasteiger partial charge >= 0.3 is 0 Å². The number of rotatable bonds is 5. The maximum Gasteiger partial charge on any atom is 0.243 e. The molecule has 1 N–H and O–H groups in total. The molecular weight excluding hydrogens is 400 g/mol. The van der Waals surface area contributed by atoms with E-state index in [1.807, 2.05) is 42.5 Å². The van der Waals surface area contributed by atoms with Crippen molar-refractivity contribution in [3.05, 3.63) is 66.7 Å². The molecule has 1 heterocycles. The summed E-state index contributed by atoms with van der Waals surface area (Å²) in [6, 6.07) is 20.1. The summed E-state index contributed by atoms with van der Waals surface area (Å²) in [5.74, 6) is 0.356. The zero-order chi connectivity index (χ0) is 21.1. The standard InChI is InChI=1S/C23H24N2O4S/c1-29-21-8-4-7-20(16-21)24-23(26)18-11-13-25(14-12-18)30(27,28)22-10-9-17-5-2-3-6-19(17)15-22/h2-10,15-16,18H,11-14H2,1H3,(H,24,26). The molecule has 0 bridgehead atoms. The number of methoxy groups -OCH3 is 1. The number of carbonyl (C=O) groups is 1. The van der Waals surface area contributed by atoms with Gasteiger partial charge in [0.2, 0.25) is 15.9 Å². The highest BCUT2D eigenvalue weighted by Gasteiger charge is 2.32. The number of piperidine rings is 1. The number of sulfonamides is 1. The first kappa shape index (κ1) is 20.4. The summed E-state index contributed by atoms with van der Waals surface area (Å²) in [6.45, 7) is 0.650. The number of amides is 1. The number of nitrogens with one attached hydrogen (secondary N) is 1. The van der Waals surface area contributed by atoms with E-state index in [0.717, 1.165) is 10.8 Å². The van der Waals surface area contributed by atoms with Crippen LogP contribution < -0.4 is 10.1 Å². The second kappa shape index (κ2) is 8.45. The summed E-state index contributed by atoms with van der Waals surface area (Å²) in [7, 11) is -2.01. The first-order chi connectivity index (χ1) is 14.5. The zero-order valence-electron chi connectivity index (χ0n) is 16.7. The molecular formula is C23H24N2O4S.